The van der Waals surface area contributed by atoms with Crippen molar-refractivity contribution in [3.05, 3.63) is 59.3 Å². The molecular formula is C13H11FO4. The molecule has 0 saturated heterocycles. The molecule has 4 nitrogen and oxygen atoms in total. The van der Waals surface area contributed by atoms with Crippen molar-refractivity contribution in [3.63, 3.8) is 0 Å². The van der Waals surface area contributed by atoms with E-state index in [-0.39, 0.29) is 23.8 Å². The van der Waals surface area contributed by atoms with E-state index >= 15 is 0 Å². The van der Waals surface area contributed by atoms with Crippen molar-refractivity contribution in [2.45, 2.75) is 12.5 Å². The fraction of sp³-hybridized carbons (Fsp3) is 0.154. The standard InChI is InChI=1S/C13H11FO4/c14-9-3-1-8(2-4-9)7-10(15)11-5-6-12(18-11)13(16)17/h1-6,10,15H,7H2,(H,16,17). The Kier molecular flexibility index (Phi) is 3.43. The number of furan rings is 1. The van der Waals surface area contributed by atoms with Crippen molar-refractivity contribution in [1.29, 1.82) is 0 Å². The van der Waals surface area contributed by atoms with Crippen molar-refractivity contribution in [2.24, 2.45) is 0 Å². The fourth-order valence-electron chi connectivity index (χ4n) is 1.59. The minimum atomic E-state index is -1.18. The Hall–Kier alpha value is -2.14. The Morgan fingerprint density at radius 2 is 1.89 bits per heavy atom. The van der Waals surface area contributed by atoms with Gasteiger partial charge in [-0.05, 0) is 29.8 Å². The SMILES string of the molecule is O=C(O)c1ccc(C(O)Cc2ccc(F)cc2)o1. The van der Waals surface area contributed by atoms with Crippen LogP contribution < -0.4 is 0 Å². The van der Waals surface area contributed by atoms with E-state index in [1.54, 1.807) is 12.1 Å². The number of hydrogen-bond donors (Lipinski definition) is 2. The predicted octanol–water partition coefficient (Wildman–Crippen LogP) is 2.39. The molecule has 0 spiro atoms. The number of aliphatic hydroxyl groups excluding tert-OH is 1. The minimum Gasteiger partial charge on any atom is -0.475 e. The Labute approximate surface area is 102 Å². The number of carbonyl (C=O) groups is 1. The zero-order valence-electron chi connectivity index (χ0n) is 9.34. The minimum absolute atomic E-state index is 0.178. The number of carboxylic acids is 1. The molecule has 1 aromatic heterocycles. The van der Waals surface area contributed by atoms with Gasteiger partial charge < -0.3 is 14.6 Å². The maximum absolute atomic E-state index is 12.7. The molecule has 2 rings (SSSR count). The molecule has 0 radical (unpaired) electrons. The van der Waals surface area contributed by atoms with Crippen molar-refractivity contribution in [3.8, 4) is 0 Å². The summed E-state index contributed by atoms with van der Waals surface area (Å²) in [5, 5.41) is 18.5. The second-order valence-electron chi connectivity index (χ2n) is 3.85. The van der Waals surface area contributed by atoms with Crippen LogP contribution in [0.25, 0.3) is 0 Å². The Bertz CT molecular complexity index is 544. The van der Waals surface area contributed by atoms with Crippen LogP contribution in [0.4, 0.5) is 4.39 Å². The lowest BCUT2D eigenvalue weighted by Gasteiger charge is -2.07. The van der Waals surface area contributed by atoms with E-state index in [4.69, 9.17) is 9.52 Å². The van der Waals surface area contributed by atoms with Gasteiger partial charge in [0.1, 0.15) is 17.7 Å². The third-order valence-electron chi connectivity index (χ3n) is 2.51. The van der Waals surface area contributed by atoms with Gasteiger partial charge in [-0.25, -0.2) is 9.18 Å². The van der Waals surface area contributed by atoms with Gasteiger partial charge in [0.25, 0.3) is 0 Å². The first kappa shape index (κ1) is 12.3. The lowest BCUT2D eigenvalue weighted by molar-refractivity contribution is 0.0651. The molecule has 0 aliphatic carbocycles. The van der Waals surface area contributed by atoms with Crippen LogP contribution >= 0.6 is 0 Å². The van der Waals surface area contributed by atoms with Gasteiger partial charge in [0.15, 0.2) is 0 Å². The van der Waals surface area contributed by atoms with E-state index < -0.39 is 12.1 Å². The molecule has 1 unspecified atom stereocenters. The van der Waals surface area contributed by atoms with Gasteiger partial charge in [0, 0.05) is 6.42 Å². The molecule has 18 heavy (non-hydrogen) atoms. The second-order valence-corrected chi connectivity index (χ2v) is 3.85. The summed E-state index contributed by atoms with van der Waals surface area (Å²) in [6, 6.07) is 8.40. The van der Waals surface area contributed by atoms with Gasteiger partial charge in [-0.3, -0.25) is 0 Å². The van der Waals surface area contributed by atoms with Crippen molar-refractivity contribution in [1.82, 2.24) is 0 Å². The van der Waals surface area contributed by atoms with E-state index in [0.717, 1.165) is 5.56 Å². The third-order valence-corrected chi connectivity index (χ3v) is 2.51. The molecule has 1 aromatic carbocycles. The number of carboxylic acid groups (broad SMARTS) is 1. The molecule has 0 saturated carbocycles. The second kappa shape index (κ2) is 5.01. The molecule has 5 heteroatoms. The van der Waals surface area contributed by atoms with E-state index in [1.165, 1.54) is 24.3 Å². The fourth-order valence-corrected chi connectivity index (χ4v) is 1.59. The van der Waals surface area contributed by atoms with Crippen LogP contribution in [0.2, 0.25) is 0 Å². The van der Waals surface area contributed by atoms with Crippen molar-refractivity contribution >= 4 is 5.97 Å². The smallest absolute Gasteiger partial charge is 0.371 e. The Morgan fingerprint density at radius 1 is 1.22 bits per heavy atom. The van der Waals surface area contributed by atoms with E-state index in [0.29, 0.717) is 0 Å². The molecule has 0 amide bonds. The van der Waals surface area contributed by atoms with Gasteiger partial charge in [-0.1, -0.05) is 12.1 Å². The van der Waals surface area contributed by atoms with Gasteiger partial charge in [-0.2, -0.15) is 0 Å². The van der Waals surface area contributed by atoms with Crippen LogP contribution in [0.3, 0.4) is 0 Å². The van der Waals surface area contributed by atoms with Gasteiger partial charge in [-0.15, -0.1) is 0 Å². The summed E-state index contributed by atoms with van der Waals surface area (Å²) >= 11 is 0. The molecule has 0 aliphatic heterocycles. The quantitative estimate of drug-likeness (QED) is 0.874. The Balaban J connectivity index is 2.09. The highest BCUT2D eigenvalue weighted by Gasteiger charge is 2.16. The number of aromatic carboxylic acids is 1. The molecular weight excluding hydrogens is 239 g/mol. The van der Waals surface area contributed by atoms with Crippen LogP contribution in [0.5, 0.6) is 0 Å². The first-order valence-electron chi connectivity index (χ1n) is 5.32. The van der Waals surface area contributed by atoms with E-state index in [2.05, 4.69) is 0 Å². The molecule has 0 bridgehead atoms. The highest BCUT2D eigenvalue weighted by Crippen LogP contribution is 2.21. The number of rotatable bonds is 4. The van der Waals surface area contributed by atoms with Crippen LogP contribution in [0.15, 0.2) is 40.8 Å². The number of hydrogen-bond acceptors (Lipinski definition) is 3. The lowest BCUT2D eigenvalue weighted by Crippen LogP contribution is -2.01. The Morgan fingerprint density at radius 3 is 2.44 bits per heavy atom. The maximum Gasteiger partial charge on any atom is 0.371 e. The summed E-state index contributed by atoms with van der Waals surface area (Å²) in [7, 11) is 0. The van der Waals surface area contributed by atoms with E-state index in [1.807, 2.05) is 0 Å². The molecule has 94 valence electrons. The monoisotopic (exact) mass is 250 g/mol. The predicted molar refractivity (Wildman–Crippen MR) is 60.7 cm³/mol. The number of benzene rings is 1. The summed E-state index contributed by atoms with van der Waals surface area (Å²) in [5.74, 6) is -1.57. The normalized spacial score (nSPS) is 12.3. The average Bonchev–Trinajstić information content (AvgIpc) is 2.81. The zero-order chi connectivity index (χ0) is 13.1. The summed E-state index contributed by atoms with van der Waals surface area (Å²) in [6.07, 6.45) is -0.726. The van der Waals surface area contributed by atoms with Gasteiger partial charge in [0.05, 0.1) is 0 Å². The van der Waals surface area contributed by atoms with E-state index in [9.17, 15) is 14.3 Å². The highest BCUT2D eigenvalue weighted by molar-refractivity contribution is 5.84. The molecule has 1 heterocycles. The van der Waals surface area contributed by atoms with Gasteiger partial charge in [0.2, 0.25) is 5.76 Å². The number of aliphatic hydroxyl groups is 1. The molecule has 2 N–H and O–H groups in total. The first-order valence-corrected chi connectivity index (χ1v) is 5.32. The topological polar surface area (TPSA) is 70.7 Å². The van der Waals surface area contributed by atoms with Crippen molar-refractivity contribution in [2.75, 3.05) is 0 Å². The van der Waals surface area contributed by atoms with Crippen LogP contribution in [0.1, 0.15) is 28.0 Å². The third kappa shape index (κ3) is 2.75. The zero-order valence-corrected chi connectivity index (χ0v) is 9.34. The maximum atomic E-state index is 12.7. The average molecular weight is 250 g/mol. The highest BCUT2D eigenvalue weighted by atomic mass is 19.1. The summed E-state index contributed by atoms with van der Waals surface area (Å²) in [5.41, 5.74) is 0.733. The summed E-state index contributed by atoms with van der Waals surface area (Å²) in [6.45, 7) is 0. The first-order chi connectivity index (χ1) is 8.56. The number of halogens is 1. The van der Waals surface area contributed by atoms with Crippen molar-refractivity contribution < 1.29 is 23.8 Å². The van der Waals surface area contributed by atoms with Crippen LogP contribution in [0, 0.1) is 5.82 Å². The molecule has 0 aliphatic rings. The lowest BCUT2D eigenvalue weighted by atomic mass is 10.1. The van der Waals surface area contributed by atoms with Gasteiger partial charge >= 0.3 is 5.97 Å². The largest absolute Gasteiger partial charge is 0.475 e. The summed E-state index contributed by atoms with van der Waals surface area (Å²) in [4.78, 5) is 10.6. The molecule has 2 aromatic rings. The van der Waals surface area contributed by atoms with Crippen LogP contribution in [-0.2, 0) is 6.42 Å². The van der Waals surface area contributed by atoms with Crippen LogP contribution in [-0.4, -0.2) is 16.2 Å². The molecule has 0 fully saturated rings. The summed E-state index contributed by atoms with van der Waals surface area (Å²) < 4.78 is 17.7. The molecule has 1 atom stereocenters.